The number of ether oxygens (including phenoxy) is 1. The lowest BCUT2D eigenvalue weighted by Gasteiger charge is -2.42. The molecule has 0 saturated carbocycles. The highest BCUT2D eigenvalue weighted by Crippen LogP contribution is 2.44. The second-order valence-electron chi connectivity index (χ2n) is 4.82. The molecule has 0 saturated heterocycles. The molecule has 1 aliphatic rings. The van der Waals surface area contributed by atoms with Crippen molar-refractivity contribution in [2.45, 2.75) is 39.2 Å². The Morgan fingerprint density at radius 1 is 1.14 bits per heavy atom. The molecule has 76 valence electrons. The van der Waals surface area contributed by atoms with Gasteiger partial charge in [0.1, 0.15) is 11.4 Å². The van der Waals surface area contributed by atoms with Crippen molar-refractivity contribution in [2.75, 3.05) is 0 Å². The fourth-order valence-corrected chi connectivity index (χ4v) is 2.20. The Morgan fingerprint density at radius 3 is 2.50 bits per heavy atom. The monoisotopic (exact) mass is 190 g/mol. The number of benzene rings is 1. The molecule has 0 spiro atoms. The molecular weight excluding hydrogens is 172 g/mol. The maximum absolute atomic E-state index is 6.00. The minimum absolute atomic E-state index is 0.0478. The molecule has 1 nitrogen and oxygen atoms in total. The van der Waals surface area contributed by atoms with Crippen LogP contribution in [0.1, 0.15) is 39.2 Å². The molecule has 1 heteroatoms. The number of hydrogen-bond acceptors (Lipinski definition) is 1. The molecule has 0 N–H and O–H groups in total. The van der Waals surface area contributed by atoms with Crippen molar-refractivity contribution < 1.29 is 4.74 Å². The van der Waals surface area contributed by atoms with Gasteiger partial charge in [-0.1, -0.05) is 32.0 Å². The van der Waals surface area contributed by atoms with E-state index in [0.29, 0.717) is 11.8 Å². The summed E-state index contributed by atoms with van der Waals surface area (Å²) >= 11 is 0. The van der Waals surface area contributed by atoms with Crippen LogP contribution in [0, 0.1) is 5.92 Å². The number of rotatable bonds is 0. The van der Waals surface area contributed by atoms with Crippen LogP contribution in [0.4, 0.5) is 0 Å². The van der Waals surface area contributed by atoms with Crippen LogP contribution in [0.2, 0.25) is 0 Å². The van der Waals surface area contributed by atoms with Crippen molar-refractivity contribution in [1.29, 1.82) is 0 Å². The van der Waals surface area contributed by atoms with Crippen LogP contribution in [0.3, 0.4) is 0 Å². The lowest BCUT2D eigenvalue weighted by atomic mass is 9.76. The highest BCUT2D eigenvalue weighted by atomic mass is 16.5. The van der Waals surface area contributed by atoms with Gasteiger partial charge < -0.3 is 4.74 Å². The maximum atomic E-state index is 6.00. The molecule has 1 aromatic rings. The van der Waals surface area contributed by atoms with E-state index in [4.69, 9.17) is 4.74 Å². The normalized spacial score (nSPS) is 29.1. The molecular formula is C13H18O. The summed E-state index contributed by atoms with van der Waals surface area (Å²) in [5, 5.41) is 0. The van der Waals surface area contributed by atoms with Gasteiger partial charge in [-0.25, -0.2) is 0 Å². The van der Waals surface area contributed by atoms with Gasteiger partial charge in [-0.2, -0.15) is 0 Å². The van der Waals surface area contributed by atoms with Gasteiger partial charge in [-0.3, -0.25) is 0 Å². The largest absolute Gasteiger partial charge is 0.487 e. The summed E-state index contributed by atoms with van der Waals surface area (Å²) in [4.78, 5) is 0. The zero-order valence-electron chi connectivity index (χ0n) is 9.37. The fraction of sp³-hybridized carbons (Fsp3) is 0.538. The van der Waals surface area contributed by atoms with Crippen LogP contribution >= 0.6 is 0 Å². The Hall–Kier alpha value is -0.980. The van der Waals surface area contributed by atoms with E-state index in [0.717, 1.165) is 5.75 Å². The third-order valence-corrected chi connectivity index (χ3v) is 3.63. The predicted octanol–water partition coefficient (Wildman–Crippen LogP) is 3.60. The molecule has 0 aromatic heterocycles. The quantitative estimate of drug-likeness (QED) is 0.607. The van der Waals surface area contributed by atoms with Crippen molar-refractivity contribution >= 4 is 0 Å². The van der Waals surface area contributed by atoms with Gasteiger partial charge in [0.15, 0.2) is 0 Å². The van der Waals surface area contributed by atoms with Crippen molar-refractivity contribution in [1.82, 2.24) is 0 Å². The second kappa shape index (κ2) is 3.01. The van der Waals surface area contributed by atoms with Crippen LogP contribution in [0.25, 0.3) is 0 Å². The highest BCUT2D eigenvalue weighted by Gasteiger charge is 2.38. The smallest absolute Gasteiger partial charge is 0.123 e. The van der Waals surface area contributed by atoms with Crippen LogP contribution in [0.5, 0.6) is 5.75 Å². The number of fused-ring (bicyclic) bond motifs is 1. The van der Waals surface area contributed by atoms with Gasteiger partial charge in [-0.15, -0.1) is 0 Å². The lowest BCUT2D eigenvalue weighted by Crippen LogP contribution is -2.42. The van der Waals surface area contributed by atoms with Gasteiger partial charge >= 0.3 is 0 Å². The van der Waals surface area contributed by atoms with E-state index in [1.165, 1.54) is 5.56 Å². The zero-order valence-corrected chi connectivity index (χ0v) is 9.37. The first-order valence-corrected chi connectivity index (χ1v) is 5.30. The molecule has 0 fully saturated rings. The van der Waals surface area contributed by atoms with E-state index in [9.17, 15) is 0 Å². The third-order valence-electron chi connectivity index (χ3n) is 3.63. The molecule has 2 atom stereocenters. The van der Waals surface area contributed by atoms with E-state index in [1.54, 1.807) is 0 Å². The Balaban J connectivity index is 2.48. The van der Waals surface area contributed by atoms with Crippen LogP contribution in [-0.4, -0.2) is 5.60 Å². The number of hydrogen-bond donors (Lipinski definition) is 0. The third kappa shape index (κ3) is 1.31. The molecule has 0 bridgehead atoms. The summed E-state index contributed by atoms with van der Waals surface area (Å²) in [5.41, 5.74) is 1.30. The highest BCUT2D eigenvalue weighted by molar-refractivity contribution is 5.39. The number of para-hydroxylation sites is 1. The Bertz CT molecular complexity index is 341. The van der Waals surface area contributed by atoms with Crippen LogP contribution < -0.4 is 4.74 Å². The summed E-state index contributed by atoms with van der Waals surface area (Å²) < 4.78 is 6.00. The summed E-state index contributed by atoms with van der Waals surface area (Å²) in [6.45, 7) is 8.89. The molecule has 0 aliphatic carbocycles. The van der Waals surface area contributed by atoms with Gasteiger partial charge in [0, 0.05) is 5.92 Å². The Kier molecular flexibility index (Phi) is 2.06. The van der Waals surface area contributed by atoms with Crippen LogP contribution in [-0.2, 0) is 0 Å². The molecule has 1 aromatic carbocycles. The van der Waals surface area contributed by atoms with Crippen molar-refractivity contribution in [3.05, 3.63) is 29.8 Å². The van der Waals surface area contributed by atoms with Gasteiger partial charge in [0.25, 0.3) is 0 Å². The Morgan fingerprint density at radius 2 is 1.79 bits per heavy atom. The van der Waals surface area contributed by atoms with Gasteiger partial charge in [0.2, 0.25) is 0 Å². The van der Waals surface area contributed by atoms with Crippen molar-refractivity contribution in [3.8, 4) is 5.75 Å². The van der Waals surface area contributed by atoms with E-state index >= 15 is 0 Å². The zero-order chi connectivity index (χ0) is 10.3. The molecule has 2 rings (SSSR count). The maximum Gasteiger partial charge on any atom is 0.123 e. The minimum atomic E-state index is -0.0478. The molecule has 0 amide bonds. The molecule has 14 heavy (non-hydrogen) atoms. The van der Waals surface area contributed by atoms with Crippen molar-refractivity contribution in [3.63, 3.8) is 0 Å². The summed E-state index contributed by atoms with van der Waals surface area (Å²) in [7, 11) is 0. The Labute approximate surface area is 86.1 Å². The molecule has 1 heterocycles. The first-order chi connectivity index (χ1) is 6.52. The molecule has 1 aliphatic heterocycles. The molecule has 0 radical (unpaired) electrons. The van der Waals surface area contributed by atoms with Gasteiger partial charge in [-0.05, 0) is 31.4 Å². The van der Waals surface area contributed by atoms with E-state index in [1.807, 2.05) is 6.07 Å². The first-order valence-electron chi connectivity index (χ1n) is 5.30. The van der Waals surface area contributed by atoms with Crippen molar-refractivity contribution in [2.24, 2.45) is 5.92 Å². The van der Waals surface area contributed by atoms with E-state index in [2.05, 4.69) is 45.9 Å². The summed E-state index contributed by atoms with van der Waals surface area (Å²) in [6.07, 6.45) is 0. The summed E-state index contributed by atoms with van der Waals surface area (Å²) in [6, 6.07) is 8.37. The van der Waals surface area contributed by atoms with Crippen LogP contribution in [0.15, 0.2) is 24.3 Å². The topological polar surface area (TPSA) is 9.23 Å². The summed E-state index contributed by atoms with van der Waals surface area (Å²) in [5.74, 6) is 2.19. The predicted molar refractivity (Wildman–Crippen MR) is 58.7 cm³/mol. The average Bonchev–Trinajstić information content (AvgIpc) is 2.14. The molecule has 2 unspecified atom stereocenters. The minimum Gasteiger partial charge on any atom is -0.487 e. The fourth-order valence-electron chi connectivity index (χ4n) is 2.20. The average molecular weight is 190 g/mol. The van der Waals surface area contributed by atoms with E-state index < -0.39 is 0 Å². The standard InChI is InChI=1S/C13H18O/c1-9-10(2)13(3,4)14-12-8-6-5-7-11(9)12/h5-10H,1-4H3. The SMILES string of the molecule is CC1c2ccccc2OC(C)(C)C1C. The first kappa shape index (κ1) is 9.57. The van der Waals surface area contributed by atoms with Gasteiger partial charge in [0.05, 0.1) is 0 Å². The lowest BCUT2D eigenvalue weighted by molar-refractivity contribution is 0.0223. The van der Waals surface area contributed by atoms with E-state index in [-0.39, 0.29) is 5.60 Å². The second-order valence-corrected chi connectivity index (χ2v) is 4.82.